The van der Waals surface area contributed by atoms with Crippen LogP contribution in [0.5, 0.6) is 0 Å². The number of primary sulfonamides is 1. The van der Waals surface area contributed by atoms with Crippen molar-refractivity contribution in [3.05, 3.63) is 48.3 Å². The standard InChI is InChI=1S/C14H16N4O2S/c15-21(19,20)13-8-16-14(17-9-13)18-7-6-12(10-18)11-4-2-1-3-5-11/h1-5,8-9,12H,6-7,10H2,(H2,15,19,20). The average Bonchev–Trinajstić information content (AvgIpc) is 2.97. The van der Waals surface area contributed by atoms with E-state index >= 15 is 0 Å². The molecule has 21 heavy (non-hydrogen) atoms. The second-order valence-electron chi connectivity index (χ2n) is 5.11. The number of anilines is 1. The van der Waals surface area contributed by atoms with Crippen molar-refractivity contribution in [2.24, 2.45) is 5.14 Å². The molecule has 1 aromatic heterocycles. The van der Waals surface area contributed by atoms with Crippen LogP contribution in [0.2, 0.25) is 0 Å². The third kappa shape index (κ3) is 3.03. The molecular formula is C14H16N4O2S. The third-order valence-electron chi connectivity index (χ3n) is 3.69. The van der Waals surface area contributed by atoms with Crippen molar-refractivity contribution in [3.8, 4) is 0 Å². The minimum absolute atomic E-state index is 0.0648. The monoisotopic (exact) mass is 304 g/mol. The van der Waals surface area contributed by atoms with Gasteiger partial charge in [0.1, 0.15) is 4.90 Å². The fourth-order valence-electron chi connectivity index (χ4n) is 2.56. The predicted molar refractivity (Wildman–Crippen MR) is 79.4 cm³/mol. The zero-order chi connectivity index (χ0) is 14.9. The lowest BCUT2D eigenvalue weighted by Crippen LogP contribution is -2.22. The van der Waals surface area contributed by atoms with Gasteiger partial charge in [-0.3, -0.25) is 0 Å². The first-order chi connectivity index (χ1) is 10.0. The second kappa shape index (κ2) is 5.42. The Hall–Kier alpha value is -1.99. The Labute approximate surface area is 123 Å². The van der Waals surface area contributed by atoms with Gasteiger partial charge >= 0.3 is 0 Å². The highest BCUT2D eigenvalue weighted by molar-refractivity contribution is 7.89. The number of sulfonamides is 1. The van der Waals surface area contributed by atoms with E-state index in [4.69, 9.17) is 5.14 Å². The molecule has 0 radical (unpaired) electrons. The van der Waals surface area contributed by atoms with Crippen LogP contribution in [-0.2, 0) is 10.0 Å². The van der Waals surface area contributed by atoms with Crippen LogP contribution in [0.1, 0.15) is 17.9 Å². The summed E-state index contributed by atoms with van der Waals surface area (Å²) >= 11 is 0. The Morgan fingerprint density at radius 1 is 1.14 bits per heavy atom. The maximum atomic E-state index is 11.2. The van der Waals surface area contributed by atoms with E-state index in [1.165, 1.54) is 18.0 Å². The molecule has 1 aliphatic rings. The van der Waals surface area contributed by atoms with E-state index in [1.807, 2.05) is 18.2 Å². The summed E-state index contributed by atoms with van der Waals surface area (Å²) in [5, 5.41) is 5.04. The Balaban J connectivity index is 1.75. The molecule has 1 saturated heterocycles. The van der Waals surface area contributed by atoms with Crippen LogP contribution in [0.15, 0.2) is 47.6 Å². The van der Waals surface area contributed by atoms with Crippen LogP contribution in [-0.4, -0.2) is 31.5 Å². The number of hydrogen-bond acceptors (Lipinski definition) is 5. The molecule has 2 heterocycles. The van der Waals surface area contributed by atoms with Gasteiger partial charge in [-0.2, -0.15) is 0 Å². The smallest absolute Gasteiger partial charge is 0.241 e. The number of hydrogen-bond donors (Lipinski definition) is 1. The highest BCUT2D eigenvalue weighted by Crippen LogP contribution is 2.28. The summed E-state index contributed by atoms with van der Waals surface area (Å²) in [4.78, 5) is 10.2. The van der Waals surface area contributed by atoms with Crippen LogP contribution >= 0.6 is 0 Å². The average molecular weight is 304 g/mol. The van der Waals surface area contributed by atoms with E-state index < -0.39 is 10.0 Å². The van der Waals surface area contributed by atoms with Gasteiger partial charge in [-0.15, -0.1) is 0 Å². The highest BCUT2D eigenvalue weighted by Gasteiger charge is 2.25. The summed E-state index contributed by atoms with van der Waals surface area (Å²) in [5.41, 5.74) is 1.31. The maximum Gasteiger partial charge on any atom is 0.241 e. The summed E-state index contributed by atoms with van der Waals surface area (Å²) in [6.45, 7) is 1.69. The summed E-state index contributed by atoms with van der Waals surface area (Å²) in [6, 6.07) is 10.3. The summed E-state index contributed by atoms with van der Waals surface area (Å²) in [6.07, 6.45) is 3.55. The van der Waals surface area contributed by atoms with Crippen LogP contribution in [0, 0.1) is 0 Å². The number of rotatable bonds is 3. The Morgan fingerprint density at radius 2 is 1.81 bits per heavy atom. The van der Waals surface area contributed by atoms with Gasteiger partial charge in [-0.25, -0.2) is 23.5 Å². The first-order valence-electron chi connectivity index (χ1n) is 6.69. The molecule has 1 unspecified atom stereocenters. The molecule has 0 saturated carbocycles. The number of benzene rings is 1. The molecule has 1 aliphatic heterocycles. The summed E-state index contributed by atoms with van der Waals surface area (Å²) < 4.78 is 22.4. The molecule has 6 nitrogen and oxygen atoms in total. The van der Waals surface area contributed by atoms with Crippen molar-refractivity contribution in [3.63, 3.8) is 0 Å². The van der Waals surface area contributed by atoms with Crippen molar-refractivity contribution in [1.82, 2.24) is 9.97 Å². The van der Waals surface area contributed by atoms with E-state index in [0.717, 1.165) is 19.5 Å². The van der Waals surface area contributed by atoms with Crippen molar-refractivity contribution in [2.45, 2.75) is 17.2 Å². The van der Waals surface area contributed by atoms with Gasteiger partial charge in [0.05, 0.1) is 12.4 Å². The van der Waals surface area contributed by atoms with Gasteiger partial charge in [-0.1, -0.05) is 30.3 Å². The largest absolute Gasteiger partial charge is 0.340 e. The first-order valence-corrected chi connectivity index (χ1v) is 8.23. The van der Waals surface area contributed by atoms with Gasteiger partial charge < -0.3 is 4.90 Å². The summed E-state index contributed by atoms with van der Waals surface area (Å²) in [7, 11) is -3.74. The molecule has 7 heteroatoms. The van der Waals surface area contributed by atoms with Gasteiger partial charge in [0.25, 0.3) is 0 Å². The fraction of sp³-hybridized carbons (Fsp3) is 0.286. The highest BCUT2D eigenvalue weighted by atomic mass is 32.2. The first kappa shape index (κ1) is 14.0. The van der Waals surface area contributed by atoms with Gasteiger partial charge in [-0.05, 0) is 12.0 Å². The molecular weight excluding hydrogens is 288 g/mol. The fourth-order valence-corrected chi connectivity index (χ4v) is 2.96. The number of aromatic nitrogens is 2. The van der Waals surface area contributed by atoms with E-state index in [0.29, 0.717) is 11.9 Å². The van der Waals surface area contributed by atoms with E-state index in [-0.39, 0.29) is 4.90 Å². The Bertz CT molecular complexity index is 716. The molecule has 2 N–H and O–H groups in total. The number of nitrogens with zero attached hydrogens (tertiary/aromatic N) is 3. The molecule has 2 aromatic rings. The quantitative estimate of drug-likeness (QED) is 0.917. The molecule has 0 spiro atoms. The van der Waals surface area contributed by atoms with Crippen molar-refractivity contribution in [2.75, 3.05) is 18.0 Å². The Morgan fingerprint density at radius 3 is 2.43 bits per heavy atom. The SMILES string of the molecule is NS(=O)(=O)c1cnc(N2CCC(c3ccccc3)C2)nc1. The molecule has 1 fully saturated rings. The topological polar surface area (TPSA) is 89.2 Å². The molecule has 1 aromatic carbocycles. The predicted octanol–water partition coefficient (Wildman–Crippen LogP) is 1.12. The van der Waals surface area contributed by atoms with Crippen molar-refractivity contribution < 1.29 is 8.42 Å². The molecule has 1 atom stereocenters. The molecule has 110 valence electrons. The number of nitrogens with two attached hydrogens (primary N) is 1. The van der Waals surface area contributed by atoms with Crippen LogP contribution in [0.4, 0.5) is 5.95 Å². The molecule has 0 bridgehead atoms. The molecule has 3 rings (SSSR count). The van der Waals surface area contributed by atoms with E-state index in [1.54, 1.807) is 0 Å². The Kier molecular flexibility index (Phi) is 3.60. The van der Waals surface area contributed by atoms with Gasteiger partial charge in [0.15, 0.2) is 0 Å². The zero-order valence-corrected chi connectivity index (χ0v) is 12.2. The second-order valence-corrected chi connectivity index (χ2v) is 6.67. The normalized spacial score (nSPS) is 18.9. The van der Waals surface area contributed by atoms with E-state index in [2.05, 4.69) is 27.0 Å². The maximum absolute atomic E-state index is 11.2. The van der Waals surface area contributed by atoms with Crippen molar-refractivity contribution in [1.29, 1.82) is 0 Å². The van der Waals surface area contributed by atoms with Crippen molar-refractivity contribution >= 4 is 16.0 Å². The van der Waals surface area contributed by atoms with Crippen LogP contribution < -0.4 is 10.0 Å². The van der Waals surface area contributed by atoms with Gasteiger partial charge in [0.2, 0.25) is 16.0 Å². The lowest BCUT2D eigenvalue weighted by molar-refractivity contribution is 0.597. The third-order valence-corrected chi connectivity index (χ3v) is 4.55. The lowest BCUT2D eigenvalue weighted by Gasteiger charge is -2.16. The minimum Gasteiger partial charge on any atom is -0.340 e. The van der Waals surface area contributed by atoms with Gasteiger partial charge in [0, 0.05) is 19.0 Å². The zero-order valence-electron chi connectivity index (χ0n) is 11.4. The van der Waals surface area contributed by atoms with Crippen LogP contribution in [0.25, 0.3) is 0 Å². The molecule has 0 aliphatic carbocycles. The van der Waals surface area contributed by atoms with Crippen LogP contribution in [0.3, 0.4) is 0 Å². The molecule has 0 amide bonds. The minimum atomic E-state index is -3.74. The lowest BCUT2D eigenvalue weighted by atomic mass is 9.99. The van der Waals surface area contributed by atoms with E-state index in [9.17, 15) is 8.42 Å². The summed E-state index contributed by atoms with van der Waals surface area (Å²) in [5.74, 6) is 0.994.